The van der Waals surface area contributed by atoms with Gasteiger partial charge in [0.1, 0.15) is 33.6 Å². The van der Waals surface area contributed by atoms with E-state index in [0.717, 1.165) is 88.9 Å². The van der Waals surface area contributed by atoms with E-state index in [4.69, 9.17) is 33.7 Å². The molecule has 4 saturated heterocycles. The van der Waals surface area contributed by atoms with Gasteiger partial charge in [0.15, 0.2) is 11.6 Å². The van der Waals surface area contributed by atoms with E-state index >= 15 is 8.78 Å². The summed E-state index contributed by atoms with van der Waals surface area (Å²) in [4.78, 5) is 47.1. The normalized spacial score (nSPS) is 22.4. The van der Waals surface area contributed by atoms with E-state index in [0.29, 0.717) is 47.4 Å². The molecule has 1 N–H and O–H groups in total. The lowest BCUT2D eigenvalue weighted by Gasteiger charge is -2.53. The Morgan fingerprint density at radius 1 is 0.953 bits per heavy atom. The number of hydrogen-bond acceptors (Lipinski definition) is 14. The molecule has 0 radical (unpaired) electrons. The molecular weight excluding hydrogens is 847 g/mol. The van der Waals surface area contributed by atoms with E-state index in [1.54, 1.807) is 25.7 Å². The van der Waals surface area contributed by atoms with Crippen LogP contribution in [0.5, 0.6) is 6.01 Å². The van der Waals surface area contributed by atoms with Gasteiger partial charge in [-0.05, 0) is 91.2 Å². The van der Waals surface area contributed by atoms with Gasteiger partial charge in [0, 0.05) is 79.8 Å². The minimum atomic E-state index is -0.837. The van der Waals surface area contributed by atoms with Crippen LogP contribution in [0.25, 0.3) is 32.2 Å². The van der Waals surface area contributed by atoms with Gasteiger partial charge in [0.05, 0.1) is 47.4 Å². The van der Waals surface area contributed by atoms with E-state index in [1.807, 2.05) is 20.8 Å². The number of aromatic nitrogens is 3. The summed E-state index contributed by atoms with van der Waals surface area (Å²) in [5, 5.41) is 13.7. The number of ether oxygens (including phenoxy) is 5. The van der Waals surface area contributed by atoms with Crippen LogP contribution >= 0.6 is 11.3 Å². The number of nitrogens with one attached hydrogen (secondary N) is 1. The fourth-order valence-corrected chi connectivity index (χ4v) is 11.5. The van der Waals surface area contributed by atoms with Crippen LogP contribution < -0.4 is 15.0 Å². The second-order valence-corrected chi connectivity index (χ2v) is 21.6. The van der Waals surface area contributed by atoms with Crippen molar-refractivity contribution in [2.24, 2.45) is 10.8 Å². The average molecular weight is 901 g/mol. The van der Waals surface area contributed by atoms with Gasteiger partial charge in [-0.15, -0.1) is 11.3 Å². The number of likely N-dealkylation sites (tertiary alicyclic amines) is 2. The summed E-state index contributed by atoms with van der Waals surface area (Å²) in [6, 6.07) is 1.85. The zero-order valence-corrected chi connectivity index (χ0v) is 38.0. The Labute approximate surface area is 374 Å². The molecule has 8 heterocycles. The molecule has 2 amide bonds. The molecule has 64 heavy (non-hydrogen) atoms. The number of carbonyl (C=O) groups excluding carboxylic acids is 2. The standard InChI is InChI=1S/C46H54F2N8O7S/c1-43(2,3)62-41(57)53-39-27(15-49)32-35(50-16-30(47)37(32)64-39)31-28-19-60-20-29(28)33-36(34(31)48)51-40(61-24-46(9-10-46)23-54-21-45(22-54)11-13-59-14-12-45)52-38(33)56-25-7-8-26(56)18-55(17-25)42(58)63-44(4,5)6/h16,25-26H,7-14,17-24H2,1-6H3,(H,53,57). The number of rotatable bonds is 8. The van der Waals surface area contributed by atoms with Gasteiger partial charge in [-0.1, -0.05) is 0 Å². The molecule has 2 bridgehead atoms. The zero-order chi connectivity index (χ0) is 44.9. The van der Waals surface area contributed by atoms with Crippen molar-refractivity contribution in [2.45, 2.75) is 117 Å². The lowest BCUT2D eigenvalue weighted by atomic mass is 9.73. The third kappa shape index (κ3) is 7.85. The van der Waals surface area contributed by atoms with E-state index in [2.05, 4.69) is 26.2 Å². The Morgan fingerprint density at radius 2 is 1.64 bits per heavy atom. The van der Waals surface area contributed by atoms with E-state index in [9.17, 15) is 14.9 Å². The maximum absolute atomic E-state index is 18.0. The van der Waals surface area contributed by atoms with Crippen LogP contribution in [0.4, 0.5) is 29.2 Å². The van der Waals surface area contributed by atoms with Crippen LogP contribution in [-0.4, -0.2) is 113 Å². The molecule has 5 aliphatic heterocycles. The molecule has 1 spiro atoms. The second kappa shape index (κ2) is 15.6. The van der Waals surface area contributed by atoms with Crippen molar-refractivity contribution in [1.82, 2.24) is 24.8 Å². The molecule has 3 aromatic heterocycles. The molecule has 1 aromatic carbocycles. The fourth-order valence-electron chi connectivity index (χ4n) is 10.4. The van der Waals surface area contributed by atoms with Crippen molar-refractivity contribution in [3.63, 3.8) is 0 Å². The molecule has 2 unspecified atom stereocenters. The Kier molecular flexibility index (Phi) is 10.5. The highest BCUT2D eigenvalue weighted by atomic mass is 32.1. The van der Waals surface area contributed by atoms with Crippen molar-refractivity contribution in [3.05, 3.63) is 34.5 Å². The number of halogens is 2. The molecular formula is C46H54F2N8O7S. The summed E-state index contributed by atoms with van der Waals surface area (Å²) in [5.41, 5.74) is -0.132. The highest BCUT2D eigenvalue weighted by Gasteiger charge is 2.51. The monoisotopic (exact) mass is 900 g/mol. The summed E-state index contributed by atoms with van der Waals surface area (Å²) in [7, 11) is 0. The average Bonchev–Trinajstić information content (AvgIpc) is 3.49. The Morgan fingerprint density at radius 3 is 2.30 bits per heavy atom. The molecule has 6 aliphatic rings. The highest BCUT2D eigenvalue weighted by Crippen LogP contribution is 2.52. The largest absolute Gasteiger partial charge is 0.463 e. The molecule has 15 nitrogen and oxygen atoms in total. The predicted octanol–water partition coefficient (Wildman–Crippen LogP) is 8.29. The lowest BCUT2D eigenvalue weighted by Crippen LogP contribution is -2.59. The summed E-state index contributed by atoms with van der Waals surface area (Å²) in [6.45, 7) is 16.6. The number of benzene rings is 1. The van der Waals surface area contributed by atoms with Crippen LogP contribution in [0.2, 0.25) is 0 Å². The number of nitrogens with zero attached hydrogens (tertiary/aromatic N) is 7. The Balaban J connectivity index is 1.06. The maximum Gasteiger partial charge on any atom is 0.412 e. The topological polar surface area (TPSA) is 164 Å². The summed E-state index contributed by atoms with van der Waals surface area (Å²) in [5.74, 6) is -0.969. The molecule has 5 fully saturated rings. The van der Waals surface area contributed by atoms with Gasteiger partial charge in [0.2, 0.25) is 0 Å². The molecule has 1 saturated carbocycles. The van der Waals surface area contributed by atoms with E-state index in [-0.39, 0.29) is 80.2 Å². The third-order valence-corrected chi connectivity index (χ3v) is 14.6. The minimum absolute atomic E-state index is 0.0113. The number of pyridine rings is 1. The first-order chi connectivity index (χ1) is 30.4. The molecule has 340 valence electrons. The van der Waals surface area contributed by atoms with Crippen LogP contribution in [0.1, 0.15) is 96.8 Å². The smallest absolute Gasteiger partial charge is 0.412 e. The first-order valence-electron chi connectivity index (χ1n) is 22.3. The molecule has 1 aliphatic carbocycles. The summed E-state index contributed by atoms with van der Waals surface area (Å²) in [6.07, 6.45) is 5.53. The lowest BCUT2D eigenvalue weighted by molar-refractivity contribution is -0.0884. The summed E-state index contributed by atoms with van der Waals surface area (Å²) < 4.78 is 63.2. The first-order valence-corrected chi connectivity index (χ1v) is 23.1. The van der Waals surface area contributed by atoms with Crippen LogP contribution in [-0.2, 0) is 32.2 Å². The number of anilines is 2. The third-order valence-electron chi connectivity index (χ3n) is 13.5. The fraction of sp³-hybridized carbons (Fsp3) is 0.609. The number of carbonyl (C=O) groups is 2. The number of piperazine rings is 1. The second-order valence-electron chi connectivity index (χ2n) is 20.6. The van der Waals surface area contributed by atoms with Crippen molar-refractivity contribution in [3.8, 4) is 23.3 Å². The maximum atomic E-state index is 18.0. The van der Waals surface area contributed by atoms with Crippen LogP contribution in [0.15, 0.2) is 6.20 Å². The number of nitriles is 1. The zero-order valence-electron chi connectivity index (χ0n) is 37.2. The van der Waals surface area contributed by atoms with E-state index < -0.39 is 28.9 Å². The van der Waals surface area contributed by atoms with Gasteiger partial charge in [0.25, 0.3) is 0 Å². The Bertz CT molecular complexity index is 2590. The van der Waals surface area contributed by atoms with Crippen molar-refractivity contribution < 1.29 is 42.1 Å². The quantitative estimate of drug-likeness (QED) is 0.180. The predicted molar refractivity (Wildman–Crippen MR) is 234 cm³/mol. The highest BCUT2D eigenvalue weighted by molar-refractivity contribution is 7.23. The molecule has 2 atom stereocenters. The van der Waals surface area contributed by atoms with Gasteiger partial charge in [-0.3, -0.25) is 10.3 Å². The Hall–Kier alpha value is -4.96. The SMILES string of the molecule is CC(C)(C)OC(=O)Nc1sc2c(F)cnc(-c3c4c(c5c(N6C7CCC6CN(C(=O)OC(C)(C)C)C7)nc(OCC6(CN7CC8(CCOCC8)C7)CC6)nc5c3F)COC4)c2c1C#N. The van der Waals surface area contributed by atoms with Crippen molar-refractivity contribution in [1.29, 1.82) is 5.26 Å². The van der Waals surface area contributed by atoms with Crippen LogP contribution in [0.3, 0.4) is 0 Å². The van der Waals surface area contributed by atoms with Crippen molar-refractivity contribution in [2.75, 3.05) is 62.8 Å². The molecule has 18 heteroatoms. The van der Waals surface area contributed by atoms with Gasteiger partial charge in [-0.2, -0.15) is 15.2 Å². The summed E-state index contributed by atoms with van der Waals surface area (Å²) >= 11 is 0.847. The number of amides is 2. The number of hydrogen-bond donors (Lipinski definition) is 1. The molecule has 4 aromatic rings. The van der Waals surface area contributed by atoms with Crippen molar-refractivity contribution >= 4 is 55.3 Å². The number of thiophene rings is 1. The van der Waals surface area contributed by atoms with E-state index in [1.165, 1.54) is 0 Å². The minimum Gasteiger partial charge on any atom is -0.463 e. The van der Waals surface area contributed by atoms with Crippen LogP contribution in [0, 0.1) is 33.8 Å². The molecule has 10 rings (SSSR count). The van der Waals surface area contributed by atoms with Gasteiger partial charge < -0.3 is 38.4 Å². The number of fused-ring (bicyclic) bond motifs is 6. The first kappa shape index (κ1) is 43.0. The van der Waals surface area contributed by atoms with Gasteiger partial charge >= 0.3 is 18.2 Å². The van der Waals surface area contributed by atoms with Gasteiger partial charge in [-0.25, -0.2) is 18.4 Å².